The Balaban J connectivity index is 1.96. The van der Waals surface area contributed by atoms with Gasteiger partial charge >= 0.3 is 0 Å². The molecule has 0 amide bonds. The molecule has 1 aliphatic rings. The lowest BCUT2D eigenvalue weighted by atomic mass is 9.80. The largest absolute Gasteiger partial charge is 0.326 e. The highest BCUT2D eigenvalue weighted by Gasteiger charge is 2.30. The predicted octanol–water partition coefficient (Wildman–Crippen LogP) is 4.11. The Morgan fingerprint density at radius 2 is 2.05 bits per heavy atom. The SMILES string of the molecule is CN1CCC(C)(Cn2c(CCl)nc3cc(I)ccc32)CC1. The summed E-state index contributed by atoms with van der Waals surface area (Å²) in [5, 5.41) is 0. The molecule has 0 saturated carbocycles. The summed E-state index contributed by atoms with van der Waals surface area (Å²) in [4.78, 5) is 7.13. The first kappa shape index (κ1) is 15.6. The first-order valence-corrected chi connectivity index (χ1v) is 9.01. The normalized spacial score (nSPS) is 19.2. The van der Waals surface area contributed by atoms with E-state index in [0.29, 0.717) is 11.3 Å². The smallest absolute Gasteiger partial charge is 0.124 e. The maximum absolute atomic E-state index is 6.14. The molecule has 114 valence electrons. The van der Waals surface area contributed by atoms with Crippen LogP contribution in [0.1, 0.15) is 25.6 Å². The molecular formula is C16H21ClIN3. The quantitative estimate of drug-likeness (QED) is 0.553. The number of piperidine rings is 1. The molecular weight excluding hydrogens is 397 g/mol. The Morgan fingerprint density at radius 3 is 2.71 bits per heavy atom. The number of hydrogen-bond donors (Lipinski definition) is 0. The molecule has 0 unspecified atom stereocenters. The topological polar surface area (TPSA) is 21.1 Å². The monoisotopic (exact) mass is 417 g/mol. The summed E-state index contributed by atoms with van der Waals surface area (Å²) in [5.41, 5.74) is 2.62. The van der Waals surface area contributed by atoms with Crippen molar-refractivity contribution < 1.29 is 0 Å². The van der Waals surface area contributed by atoms with E-state index < -0.39 is 0 Å². The molecule has 1 aromatic heterocycles. The number of imidazole rings is 1. The van der Waals surface area contributed by atoms with Gasteiger partial charge in [0.15, 0.2) is 0 Å². The fourth-order valence-electron chi connectivity index (χ4n) is 3.13. The van der Waals surface area contributed by atoms with E-state index in [1.807, 2.05) is 0 Å². The third-order valence-electron chi connectivity index (χ3n) is 4.64. The number of halogens is 2. The van der Waals surface area contributed by atoms with Crippen molar-refractivity contribution in [2.75, 3.05) is 20.1 Å². The molecule has 0 N–H and O–H groups in total. The van der Waals surface area contributed by atoms with E-state index in [2.05, 4.69) is 64.2 Å². The molecule has 3 nitrogen and oxygen atoms in total. The molecule has 0 spiro atoms. The van der Waals surface area contributed by atoms with Crippen LogP contribution in [0.2, 0.25) is 0 Å². The van der Waals surface area contributed by atoms with E-state index in [0.717, 1.165) is 17.9 Å². The van der Waals surface area contributed by atoms with Gasteiger partial charge < -0.3 is 9.47 Å². The number of fused-ring (bicyclic) bond motifs is 1. The molecule has 0 radical (unpaired) electrons. The summed E-state index contributed by atoms with van der Waals surface area (Å²) in [5.74, 6) is 1.47. The summed E-state index contributed by atoms with van der Waals surface area (Å²) in [7, 11) is 2.21. The van der Waals surface area contributed by atoms with Gasteiger partial charge in [-0.3, -0.25) is 0 Å². The number of aromatic nitrogens is 2. The number of benzene rings is 1. The number of nitrogens with zero attached hydrogens (tertiary/aromatic N) is 3. The number of hydrogen-bond acceptors (Lipinski definition) is 2. The van der Waals surface area contributed by atoms with Crippen LogP contribution in [0.4, 0.5) is 0 Å². The van der Waals surface area contributed by atoms with Crippen LogP contribution < -0.4 is 0 Å². The van der Waals surface area contributed by atoms with E-state index in [1.54, 1.807) is 0 Å². The lowest BCUT2D eigenvalue weighted by molar-refractivity contribution is 0.121. The molecule has 1 aliphatic heterocycles. The lowest BCUT2D eigenvalue weighted by Gasteiger charge is -2.38. The first-order chi connectivity index (χ1) is 10.0. The summed E-state index contributed by atoms with van der Waals surface area (Å²) < 4.78 is 3.56. The van der Waals surface area contributed by atoms with Gasteiger partial charge in [-0.1, -0.05) is 6.92 Å². The van der Waals surface area contributed by atoms with Crippen molar-refractivity contribution >= 4 is 45.2 Å². The fourth-order valence-corrected chi connectivity index (χ4v) is 3.81. The average Bonchev–Trinajstić information content (AvgIpc) is 2.79. The van der Waals surface area contributed by atoms with Crippen molar-refractivity contribution in [3.8, 4) is 0 Å². The summed E-state index contributed by atoms with van der Waals surface area (Å²) in [6.07, 6.45) is 2.46. The van der Waals surface area contributed by atoms with Crippen molar-refractivity contribution in [1.29, 1.82) is 0 Å². The Hall–Kier alpha value is -0.330. The van der Waals surface area contributed by atoms with Crippen LogP contribution in [-0.2, 0) is 12.4 Å². The van der Waals surface area contributed by atoms with Crippen LogP contribution in [0.3, 0.4) is 0 Å². The standard InChI is InChI=1S/C16H21ClIN3/c1-16(5-7-20(2)8-6-16)11-21-14-4-3-12(18)9-13(14)19-15(21)10-17/h3-4,9H,5-8,10-11H2,1-2H3. The average molecular weight is 418 g/mol. The number of rotatable bonds is 3. The highest BCUT2D eigenvalue weighted by Crippen LogP contribution is 2.34. The molecule has 3 rings (SSSR count). The summed E-state index contributed by atoms with van der Waals surface area (Å²) in [6.45, 7) is 5.77. The minimum atomic E-state index is 0.337. The van der Waals surface area contributed by atoms with Crippen LogP contribution in [0.15, 0.2) is 18.2 Å². The Bertz CT molecular complexity index is 644. The maximum atomic E-state index is 6.14. The summed E-state index contributed by atoms with van der Waals surface area (Å²) in [6, 6.07) is 6.47. The van der Waals surface area contributed by atoms with E-state index in [4.69, 9.17) is 16.6 Å². The van der Waals surface area contributed by atoms with Gasteiger partial charge in [-0.05, 0) is 79.2 Å². The zero-order valence-electron chi connectivity index (χ0n) is 12.6. The first-order valence-electron chi connectivity index (χ1n) is 7.40. The second kappa shape index (κ2) is 6.05. The second-order valence-electron chi connectivity index (χ2n) is 6.49. The van der Waals surface area contributed by atoms with Crippen molar-refractivity contribution in [1.82, 2.24) is 14.5 Å². The zero-order valence-corrected chi connectivity index (χ0v) is 15.5. The van der Waals surface area contributed by atoms with Crippen LogP contribution >= 0.6 is 34.2 Å². The van der Waals surface area contributed by atoms with Gasteiger partial charge in [-0.15, -0.1) is 11.6 Å². The van der Waals surface area contributed by atoms with Crippen molar-refractivity contribution in [2.45, 2.75) is 32.2 Å². The van der Waals surface area contributed by atoms with Crippen LogP contribution in [0, 0.1) is 8.99 Å². The zero-order chi connectivity index (χ0) is 15.0. The molecule has 1 aromatic carbocycles. The van der Waals surface area contributed by atoms with Gasteiger partial charge in [0.05, 0.1) is 16.9 Å². The third kappa shape index (κ3) is 3.22. The highest BCUT2D eigenvalue weighted by atomic mass is 127. The molecule has 5 heteroatoms. The predicted molar refractivity (Wildman–Crippen MR) is 96.8 cm³/mol. The molecule has 2 heterocycles. The van der Waals surface area contributed by atoms with Gasteiger partial charge in [-0.2, -0.15) is 0 Å². The molecule has 1 fully saturated rings. The third-order valence-corrected chi connectivity index (χ3v) is 5.55. The molecule has 0 bridgehead atoms. The highest BCUT2D eigenvalue weighted by molar-refractivity contribution is 14.1. The minimum Gasteiger partial charge on any atom is -0.326 e. The second-order valence-corrected chi connectivity index (χ2v) is 8.01. The van der Waals surface area contributed by atoms with E-state index in [9.17, 15) is 0 Å². The van der Waals surface area contributed by atoms with Crippen molar-refractivity contribution in [3.63, 3.8) is 0 Å². The van der Waals surface area contributed by atoms with Crippen LogP contribution in [0.25, 0.3) is 11.0 Å². The van der Waals surface area contributed by atoms with E-state index in [1.165, 1.54) is 35.0 Å². The Kier molecular flexibility index (Phi) is 4.48. The van der Waals surface area contributed by atoms with Crippen molar-refractivity contribution in [2.24, 2.45) is 5.41 Å². The fraction of sp³-hybridized carbons (Fsp3) is 0.562. The van der Waals surface area contributed by atoms with Crippen LogP contribution in [-0.4, -0.2) is 34.6 Å². The molecule has 0 atom stereocenters. The Morgan fingerprint density at radius 1 is 1.33 bits per heavy atom. The van der Waals surface area contributed by atoms with Crippen molar-refractivity contribution in [3.05, 3.63) is 27.6 Å². The number of alkyl halides is 1. The lowest BCUT2D eigenvalue weighted by Crippen LogP contribution is -2.38. The van der Waals surface area contributed by atoms with Gasteiger partial charge in [0.2, 0.25) is 0 Å². The van der Waals surface area contributed by atoms with E-state index in [-0.39, 0.29) is 0 Å². The molecule has 2 aromatic rings. The minimum absolute atomic E-state index is 0.337. The van der Waals surface area contributed by atoms with Crippen LogP contribution in [0.5, 0.6) is 0 Å². The van der Waals surface area contributed by atoms with Gasteiger partial charge in [-0.25, -0.2) is 4.98 Å². The van der Waals surface area contributed by atoms with Gasteiger partial charge in [0.1, 0.15) is 5.82 Å². The number of likely N-dealkylation sites (tertiary alicyclic amines) is 1. The maximum Gasteiger partial charge on any atom is 0.124 e. The van der Waals surface area contributed by atoms with E-state index >= 15 is 0 Å². The summed E-state index contributed by atoms with van der Waals surface area (Å²) >= 11 is 8.47. The van der Waals surface area contributed by atoms with Gasteiger partial charge in [0.25, 0.3) is 0 Å². The molecule has 21 heavy (non-hydrogen) atoms. The Labute approximate surface area is 144 Å². The molecule has 0 aliphatic carbocycles. The van der Waals surface area contributed by atoms with Gasteiger partial charge in [0, 0.05) is 10.1 Å². The molecule has 1 saturated heterocycles.